The fraction of sp³-hybridized carbons (Fsp3) is 0.667. The second-order valence-electron chi connectivity index (χ2n) is 4.16. The molecule has 6 heteroatoms. The Kier molecular flexibility index (Phi) is 3.41. The largest absolute Gasteiger partial charge is 0.408 e. The van der Waals surface area contributed by atoms with Crippen LogP contribution in [0.25, 0.3) is 0 Å². The van der Waals surface area contributed by atoms with Crippen LogP contribution in [0.2, 0.25) is 0 Å². The molecule has 15 heavy (non-hydrogen) atoms. The Bertz CT molecular complexity index is 340. The quantitative estimate of drug-likeness (QED) is 0.771. The van der Waals surface area contributed by atoms with Gasteiger partial charge in [0.05, 0.1) is 0 Å². The van der Waals surface area contributed by atoms with E-state index in [1.807, 2.05) is 13.8 Å². The molecule has 0 aliphatic heterocycles. The molecule has 0 bridgehead atoms. The van der Waals surface area contributed by atoms with Gasteiger partial charge in [-0.15, -0.1) is 5.10 Å². The lowest BCUT2D eigenvalue weighted by molar-refractivity contribution is -0.116. The van der Waals surface area contributed by atoms with Crippen LogP contribution in [0.5, 0.6) is 0 Å². The van der Waals surface area contributed by atoms with Gasteiger partial charge in [0, 0.05) is 18.9 Å². The van der Waals surface area contributed by atoms with Gasteiger partial charge in [-0.05, 0) is 20.3 Å². The average molecular weight is 212 g/mol. The number of hydrogen-bond donors (Lipinski definition) is 2. The minimum Gasteiger partial charge on any atom is -0.408 e. The number of rotatable bonds is 4. The van der Waals surface area contributed by atoms with Crippen molar-refractivity contribution in [1.82, 2.24) is 10.2 Å². The number of nitrogens with two attached hydrogens (primary N) is 1. The van der Waals surface area contributed by atoms with E-state index >= 15 is 0 Å². The highest BCUT2D eigenvalue weighted by molar-refractivity contribution is 5.88. The van der Waals surface area contributed by atoms with E-state index in [9.17, 15) is 4.79 Å². The van der Waals surface area contributed by atoms with Gasteiger partial charge in [0.2, 0.25) is 11.8 Å². The van der Waals surface area contributed by atoms with E-state index < -0.39 is 0 Å². The molecule has 0 atom stereocenters. The summed E-state index contributed by atoms with van der Waals surface area (Å²) in [5, 5.41) is 9.74. The van der Waals surface area contributed by atoms with Crippen molar-refractivity contribution in [2.45, 2.75) is 39.2 Å². The number of nitrogens with zero attached hydrogens (tertiary/aromatic N) is 2. The Balaban J connectivity index is 2.37. The lowest BCUT2D eigenvalue weighted by Crippen LogP contribution is -2.33. The predicted octanol–water partition coefficient (Wildman–Crippen LogP) is 0.834. The second-order valence-corrected chi connectivity index (χ2v) is 4.16. The normalized spacial score (nSPS) is 11.5. The first-order valence-corrected chi connectivity index (χ1v) is 4.76. The monoisotopic (exact) mass is 212 g/mol. The summed E-state index contributed by atoms with van der Waals surface area (Å²) in [5.74, 6) is 0.252. The summed E-state index contributed by atoms with van der Waals surface area (Å²) in [4.78, 5) is 11.4. The first-order valence-electron chi connectivity index (χ1n) is 4.76. The maximum atomic E-state index is 11.4. The maximum absolute atomic E-state index is 11.4. The number of amides is 1. The van der Waals surface area contributed by atoms with Gasteiger partial charge in [-0.3, -0.25) is 10.1 Å². The highest BCUT2D eigenvalue weighted by Gasteiger charge is 2.14. The number of anilines is 1. The maximum Gasteiger partial charge on any atom is 0.322 e. The highest BCUT2D eigenvalue weighted by atomic mass is 16.4. The number of nitrogens with one attached hydrogen (secondary N) is 1. The van der Waals surface area contributed by atoms with Gasteiger partial charge >= 0.3 is 6.01 Å². The summed E-state index contributed by atoms with van der Waals surface area (Å²) < 4.78 is 5.00. The standard InChI is InChI=1S/C9H16N4O2/c1-6-12-13-8(15-6)11-7(14)4-5-9(2,3)10/h4-5,10H2,1-3H3,(H,11,13,14). The Labute approximate surface area is 88.2 Å². The molecule has 0 unspecified atom stereocenters. The molecule has 1 amide bonds. The highest BCUT2D eigenvalue weighted by Crippen LogP contribution is 2.09. The van der Waals surface area contributed by atoms with Crippen LogP contribution in [0, 0.1) is 6.92 Å². The fourth-order valence-electron chi connectivity index (χ4n) is 0.965. The second kappa shape index (κ2) is 4.39. The molecule has 1 aromatic rings. The third-order valence-electron chi connectivity index (χ3n) is 1.77. The van der Waals surface area contributed by atoms with E-state index in [2.05, 4.69) is 15.5 Å². The minimum absolute atomic E-state index is 0.132. The zero-order valence-corrected chi connectivity index (χ0v) is 9.20. The van der Waals surface area contributed by atoms with Crippen LogP contribution >= 0.6 is 0 Å². The van der Waals surface area contributed by atoms with Crippen LogP contribution in [-0.4, -0.2) is 21.6 Å². The molecule has 0 fully saturated rings. The zero-order valence-electron chi connectivity index (χ0n) is 9.20. The third kappa shape index (κ3) is 4.55. The van der Waals surface area contributed by atoms with E-state index in [0.29, 0.717) is 18.7 Å². The number of aromatic nitrogens is 2. The van der Waals surface area contributed by atoms with Gasteiger partial charge in [0.1, 0.15) is 0 Å². The lowest BCUT2D eigenvalue weighted by Gasteiger charge is -2.16. The first kappa shape index (κ1) is 11.6. The number of hydrogen-bond acceptors (Lipinski definition) is 5. The molecule has 1 heterocycles. The van der Waals surface area contributed by atoms with Gasteiger partial charge in [-0.2, -0.15) is 0 Å². The Morgan fingerprint density at radius 3 is 2.67 bits per heavy atom. The van der Waals surface area contributed by atoms with Crippen LogP contribution in [0.4, 0.5) is 6.01 Å². The predicted molar refractivity (Wildman–Crippen MR) is 55.2 cm³/mol. The summed E-state index contributed by atoms with van der Waals surface area (Å²) in [6.45, 7) is 5.40. The van der Waals surface area contributed by atoms with E-state index in [0.717, 1.165) is 0 Å². The molecule has 0 spiro atoms. The lowest BCUT2D eigenvalue weighted by atomic mass is 10.00. The van der Waals surface area contributed by atoms with Crippen molar-refractivity contribution < 1.29 is 9.21 Å². The molecule has 0 aliphatic rings. The minimum atomic E-state index is -0.345. The SMILES string of the molecule is Cc1nnc(NC(=O)CCC(C)(C)N)o1. The molecule has 1 rings (SSSR count). The van der Waals surface area contributed by atoms with Gasteiger partial charge in [-0.1, -0.05) is 5.10 Å². The van der Waals surface area contributed by atoms with Gasteiger partial charge in [0.15, 0.2) is 0 Å². The van der Waals surface area contributed by atoms with Gasteiger partial charge < -0.3 is 10.2 Å². The summed E-state index contributed by atoms with van der Waals surface area (Å²) in [5.41, 5.74) is 5.40. The Morgan fingerprint density at radius 2 is 2.20 bits per heavy atom. The van der Waals surface area contributed by atoms with Gasteiger partial charge in [-0.25, -0.2) is 0 Å². The summed E-state index contributed by atoms with van der Waals surface area (Å²) in [7, 11) is 0. The molecule has 0 radical (unpaired) electrons. The zero-order chi connectivity index (χ0) is 11.5. The number of carbonyl (C=O) groups is 1. The molecular formula is C9H16N4O2. The summed E-state index contributed by atoms with van der Waals surface area (Å²) in [6, 6.07) is 0.132. The number of aryl methyl sites for hydroxylation is 1. The van der Waals surface area contributed by atoms with Crippen molar-refractivity contribution in [2.75, 3.05) is 5.32 Å². The molecule has 3 N–H and O–H groups in total. The Morgan fingerprint density at radius 1 is 1.53 bits per heavy atom. The molecular weight excluding hydrogens is 196 g/mol. The van der Waals surface area contributed by atoms with Crippen LogP contribution in [0.3, 0.4) is 0 Å². The topological polar surface area (TPSA) is 94.0 Å². The van der Waals surface area contributed by atoms with Crippen LogP contribution in [0.15, 0.2) is 4.42 Å². The van der Waals surface area contributed by atoms with Crippen LogP contribution in [0.1, 0.15) is 32.6 Å². The van der Waals surface area contributed by atoms with Crippen molar-refractivity contribution >= 4 is 11.9 Å². The molecule has 0 aliphatic carbocycles. The first-order chi connectivity index (χ1) is 6.87. The fourth-order valence-corrected chi connectivity index (χ4v) is 0.965. The van der Waals surface area contributed by atoms with Crippen molar-refractivity contribution in [3.63, 3.8) is 0 Å². The van der Waals surface area contributed by atoms with Crippen molar-refractivity contribution in [1.29, 1.82) is 0 Å². The molecule has 1 aromatic heterocycles. The summed E-state index contributed by atoms with van der Waals surface area (Å²) >= 11 is 0. The molecule has 84 valence electrons. The van der Waals surface area contributed by atoms with Crippen molar-refractivity contribution in [3.8, 4) is 0 Å². The number of carbonyl (C=O) groups excluding carboxylic acids is 1. The molecule has 0 saturated heterocycles. The van der Waals surface area contributed by atoms with E-state index in [1.165, 1.54) is 0 Å². The van der Waals surface area contributed by atoms with Crippen molar-refractivity contribution in [2.24, 2.45) is 5.73 Å². The molecule has 0 aromatic carbocycles. The van der Waals surface area contributed by atoms with E-state index in [1.54, 1.807) is 6.92 Å². The Hall–Kier alpha value is -1.43. The summed E-state index contributed by atoms with van der Waals surface area (Å²) in [6.07, 6.45) is 0.941. The molecule has 6 nitrogen and oxygen atoms in total. The molecule has 0 saturated carbocycles. The van der Waals surface area contributed by atoms with Crippen molar-refractivity contribution in [3.05, 3.63) is 5.89 Å². The smallest absolute Gasteiger partial charge is 0.322 e. The van der Waals surface area contributed by atoms with E-state index in [-0.39, 0.29) is 17.5 Å². The van der Waals surface area contributed by atoms with Gasteiger partial charge in [0.25, 0.3) is 0 Å². The van der Waals surface area contributed by atoms with E-state index in [4.69, 9.17) is 10.2 Å². The third-order valence-corrected chi connectivity index (χ3v) is 1.77. The van der Waals surface area contributed by atoms with Crippen LogP contribution < -0.4 is 11.1 Å². The van der Waals surface area contributed by atoms with Crippen LogP contribution in [-0.2, 0) is 4.79 Å². The average Bonchev–Trinajstić information content (AvgIpc) is 2.47.